The molecule has 0 saturated carbocycles. The molecule has 0 aliphatic rings. The molecule has 0 aliphatic carbocycles. The number of nitrogens with zero attached hydrogens (tertiary/aromatic N) is 5. The average Bonchev–Trinajstić information content (AvgIpc) is 3.14. The van der Waals surface area contributed by atoms with Crippen LogP contribution in [0, 0.1) is 19.7 Å². The summed E-state index contributed by atoms with van der Waals surface area (Å²) in [4.78, 5) is 4.47. The molecule has 0 radical (unpaired) electrons. The highest BCUT2D eigenvalue weighted by Gasteiger charge is 2.36. The molecule has 0 amide bonds. The van der Waals surface area contributed by atoms with Crippen LogP contribution >= 0.6 is 0 Å². The normalized spacial score (nSPS) is 12.1. The molecular weight excluding hydrogens is 374 g/mol. The first-order valence-corrected chi connectivity index (χ1v) is 8.39. The third kappa shape index (κ3) is 2.83. The molecule has 1 aromatic carbocycles. The van der Waals surface area contributed by atoms with Crippen molar-refractivity contribution in [3.63, 3.8) is 0 Å². The van der Waals surface area contributed by atoms with Crippen LogP contribution in [0.15, 0.2) is 36.5 Å². The van der Waals surface area contributed by atoms with Gasteiger partial charge in [0.05, 0.1) is 34.2 Å². The van der Waals surface area contributed by atoms with Gasteiger partial charge >= 0.3 is 6.18 Å². The predicted molar refractivity (Wildman–Crippen MR) is 95.5 cm³/mol. The molecule has 0 spiro atoms. The number of aryl methyl sites for hydroxylation is 2. The molecule has 5 nitrogen and oxygen atoms in total. The summed E-state index contributed by atoms with van der Waals surface area (Å²) < 4.78 is 57.6. The first-order chi connectivity index (χ1) is 13.2. The van der Waals surface area contributed by atoms with Crippen LogP contribution in [-0.4, -0.2) is 24.5 Å². The van der Waals surface area contributed by atoms with E-state index in [2.05, 4.69) is 15.2 Å². The second kappa shape index (κ2) is 6.15. The highest BCUT2D eigenvalue weighted by molar-refractivity contribution is 5.87. The molecule has 0 atom stereocenters. The molecule has 0 saturated heterocycles. The maximum absolute atomic E-state index is 13.8. The molecule has 28 heavy (non-hydrogen) atoms. The van der Waals surface area contributed by atoms with E-state index in [1.54, 1.807) is 18.7 Å². The summed E-state index contributed by atoms with van der Waals surface area (Å²) in [5, 5.41) is 8.25. The zero-order valence-corrected chi connectivity index (χ0v) is 15.2. The molecule has 0 fully saturated rings. The third-order valence-corrected chi connectivity index (χ3v) is 4.70. The van der Waals surface area contributed by atoms with Gasteiger partial charge in [0.2, 0.25) is 0 Å². The first kappa shape index (κ1) is 18.1. The number of aromatic nitrogens is 5. The summed E-state index contributed by atoms with van der Waals surface area (Å²) >= 11 is 0. The van der Waals surface area contributed by atoms with Gasteiger partial charge in [0.25, 0.3) is 0 Å². The summed E-state index contributed by atoms with van der Waals surface area (Å²) in [6.45, 7) is 3.25. The van der Waals surface area contributed by atoms with Crippen molar-refractivity contribution in [2.45, 2.75) is 20.0 Å². The zero-order valence-electron chi connectivity index (χ0n) is 15.2. The van der Waals surface area contributed by atoms with Gasteiger partial charge in [0.15, 0.2) is 5.65 Å². The van der Waals surface area contributed by atoms with Crippen LogP contribution in [0.25, 0.3) is 28.0 Å². The van der Waals surface area contributed by atoms with Gasteiger partial charge in [0.1, 0.15) is 5.82 Å². The maximum atomic E-state index is 13.8. The van der Waals surface area contributed by atoms with Crippen LogP contribution in [0.4, 0.5) is 17.6 Å². The minimum atomic E-state index is -4.59. The Morgan fingerprint density at radius 1 is 1.04 bits per heavy atom. The van der Waals surface area contributed by atoms with Crippen LogP contribution in [0.5, 0.6) is 0 Å². The first-order valence-electron chi connectivity index (χ1n) is 8.39. The van der Waals surface area contributed by atoms with Gasteiger partial charge in [-0.1, -0.05) is 0 Å². The number of rotatable bonds is 2. The van der Waals surface area contributed by atoms with E-state index in [0.29, 0.717) is 16.9 Å². The lowest BCUT2D eigenvalue weighted by Crippen LogP contribution is -2.08. The van der Waals surface area contributed by atoms with Gasteiger partial charge in [-0.15, -0.1) is 0 Å². The Kier molecular flexibility index (Phi) is 3.99. The van der Waals surface area contributed by atoms with Crippen molar-refractivity contribution >= 4 is 11.0 Å². The van der Waals surface area contributed by atoms with Gasteiger partial charge in [-0.2, -0.15) is 23.4 Å². The van der Waals surface area contributed by atoms with Gasteiger partial charge in [-0.05, 0) is 44.2 Å². The largest absolute Gasteiger partial charge is 0.417 e. The summed E-state index contributed by atoms with van der Waals surface area (Å²) in [5.41, 5.74) is 1.17. The van der Waals surface area contributed by atoms with Gasteiger partial charge in [0, 0.05) is 18.3 Å². The molecule has 144 valence electrons. The number of benzene rings is 1. The molecule has 4 aromatic rings. The van der Waals surface area contributed by atoms with Gasteiger partial charge in [-0.25, -0.2) is 14.1 Å². The van der Waals surface area contributed by atoms with Gasteiger partial charge in [-0.3, -0.25) is 4.68 Å². The van der Waals surface area contributed by atoms with Crippen LogP contribution in [-0.2, 0) is 13.2 Å². The molecule has 0 aliphatic heterocycles. The fourth-order valence-corrected chi connectivity index (χ4v) is 3.16. The van der Waals surface area contributed by atoms with Crippen molar-refractivity contribution in [3.8, 4) is 16.9 Å². The van der Waals surface area contributed by atoms with Crippen molar-refractivity contribution in [1.82, 2.24) is 24.5 Å². The minimum absolute atomic E-state index is 0.0530. The Bertz CT molecular complexity index is 1190. The number of fused-ring (bicyclic) bond motifs is 1. The van der Waals surface area contributed by atoms with Crippen molar-refractivity contribution < 1.29 is 17.6 Å². The lowest BCUT2D eigenvalue weighted by Gasteiger charge is -2.11. The van der Waals surface area contributed by atoms with Crippen LogP contribution in [0.1, 0.15) is 17.0 Å². The smallest absolute Gasteiger partial charge is 0.272 e. The standard InChI is InChI=1S/C19H15F4N5/c1-10-17-15(19(21,22)23)8-16(14-9-24-27(3)11(14)2)25-18(17)28(26-10)13-6-4-12(20)5-7-13/h4-9H,1-3H3. The van der Waals surface area contributed by atoms with E-state index < -0.39 is 17.6 Å². The Balaban J connectivity index is 2.07. The SMILES string of the molecule is Cc1nn(-c2ccc(F)cc2)c2nc(-c3cnn(C)c3C)cc(C(F)(F)F)c12. The second-order valence-corrected chi connectivity index (χ2v) is 6.49. The van der Waals surface area contributed by atoms with Crippen molar-refractivity contribution in [2.75, 3.05) is 0 Å². The number of alkyl halides is 3. The zero-order chi connectivity index (χ0) is 20.2. The van der Waals surface area contributed by atoms with E-state index in [4.69, 9.17) is 0 Å². The molecular formula is C19H15F4N5. The monoisotopic (exact) mass is 389 g/mol. The van der Waals surface area contributed by atoms with Crippen LogP contribution < -0.4 is 0 Å². The molecule has 0 unspecified atom stereocenters. The molecule has 4 rings (SSSR count). The lowest BCUT2D eigenvalue weighted by molar-refractivity contribution is -0.136. The van der Waals surface area contributed by atoms with Crippen molar-refractivity contribution in [1.29, 1.82) is 0 Å². The molecule has 3 aromatic heterocycles. The number of pyridine rings is 1. The fourth-order valence-electron chi connectivity index (χ4n) is 3.16. The summed E-state index contributed by atoms with van der Waals surface area (Å²) in [7, 11) is 1.70. The maximum Gasteiger partial charge on any atom is 0.417 e. The van der Waals surface area contributed by atoms with E-state index >= 15 is 0 Å². The number of hydrogen-bond acceptors (Lipinski definition) is 3. The van der Waals surface area contributed by atoms with E-state index in [0.717, 1.165) is 6.07 Å². The number of hydrogen-bond donors (Lipinski definition) is 0. The molecule has 0 bridgehead atoms. The highest BCUT2D eigenvalue weighted by atomic mass is 19.4. The molecule has 0 N–H and O–H groups in total. The number of halogens is 4. The third-order valence-electron chi connectivity index (χ3n) is 4.70. The summed E-state index contributed by atoms with van der Waals surface area (Å²) in [6.07, 6.45) is -3.11. The lowest BCUT2D eigenvalue weighted by atomic mass is 10.1. The summed E-state index contributed by atoms with van der Waals surface area (Å²) in [5.74, 6) is -0.451. The molecule has 3 heterocycles. The average molecular weight is 389 g/mol. The van der Waals surface area contributed by atoms with Crippen LogP contribution in [0.3, 0.4) is 0 Å². The Hall–Kier alpha value is -3.23. The van der Waals surface area contributed by atoms with E-state index in [-0.39, 0.29) is 22.4 Å². The quantitative estimate of drug-likeness (QED) is 0.471. The summed E-state index contributed by atoms with van der Waals surface area (Å²) in [6, 6.07) is 6.35. The molecule has 9 heteroatoms. The van der Waals surface area contributed by atoms with E-state index in [1.165, 1.54) is 42.1 Å². The Labute approximate surface area is 157 Å². The van der Waals surface area contributed by atoms with Crippen molar-refractivity contribution in [3.05, 3.63) is 59.3 Å². The van der Waals surface area contributed by atoms with Gasteiger partial charge < -0.3 is 0 Å². The topological polar surface area (TPSA) is 48.5 Å². The Morgan fingerprint density at radius 2 is 1.71 bits per heavy atom. The highest BCUT2D eigenvalue weighted by Crippen LogP contribution is 2.39. The predicted octanol–water partition coefficient (Wildman–Crippen LogP) is 4.60. The second-order valence-electron chi connectivity index (χ2n) is 6.49. The van der Waals surface area contributed by atoms with Crippen LogP contribution in [0.2, 0.25) is 0 Å². The van der Waals surface area contributed by atoms with E-state index in [1.807, 2.05) is 0 Å². The Morgan fingerprint density at radius 3 is 2.29 bits per heavy atom. The fraction of sp³-hybridized carbons (Fsp3) is 0.211. The van der Waals surface area contributed by atoms with E-state index in [9.17, 15) is 17.6 Å². The van der Waals surface area contributed by atoms with Crippen molar-refractivity contribution in [2.24, 2.45) is 7.05 Å². The minimum Gasteiger partial charge on any atom is -0.272 e.